The molecule has 1 aliphatic rings. The summed E-state index contributed by atoms with van der Waals surface area (Å²) in [6.07, 6.45) is 2.53. The number of likely N-dealkylation sites (tertiary alicyclic amines) is 1. The second-order valence-corrected chi connectivity index (χ2v) is 8.51. The number of benzene rings is 2. The van der Waals surface area contributed by atoms with E-state index in [0.29, 0.717) is 22.2 Å². The lowest BCUT2D eigenvalue weighted by Crippen LogP contribution is -2.36. The van der Waals surface area contributed by atoms with Crippen molar-refractivity contribution in [1.29, 1.82) is 0 Å². The lowest BCUT2D eigenvalue weighted by Gasteiger charge is -2.27. The fourth-order valence-electron chi connectivity index (χ4n) is 4.11. The number of aromatic carboxylic acids is 1. The number of nitrogens with zero attached hydrogens (tertiary/aromatic N) is 3. The molecule has 1 fully saturated rings. The second-order valence-electron chi connectivity index (χ2n) is 8.10. The van der Waals surface area contributed by atoms with Crippen LogP contribution in [-0.4, -0.2) is 47.1 Å². The predicted molar refractivity (Wildman–Crippen MR) is 125 cm³/mol. The first kappa shape index (κ1) is 23.0. The molecule has 0 saturated carbocycles. The van der Waals surface area contributed by atoms with Gasteiger partial charge in [0.1, 0.15) is 29.6 Å². The first-order chi connectivity index (χ1) is 15.9. The molecule has 6 nitrogen and oxygen atoms in total. The van der Waals surface area contributed by atoms with Crippen LogP contribution in [0.5, 0.6) is 5.75 Å². The van der Waals surface area contributed by atoms with Crippen LogP contribution in [0.4, 0.5) is 10.2 Å². The number of carbonyl (C=O) groups is 1. The van der Waals surface area contributed by atoms with E-state index in [1.165, 1.54) is 6.07 Å². The molecule has 0 unspecified atom stereocenters. The Morgan fingerprint density at radius 1 is 1.27 bits per heavy atom. The lowest BCUT2D eigenvalue weighted by atomic mass is 10.2. The summed E-state index contributed by atoms with van der Waals surface area (Å²) in [6, 6.07) is 15.7. The van der Waals surface area contributed by atoms with Crippen LogP contribution in [0.1, 0.15) is 27.9 Å². The maximum Gasteiger partial charge on any atom is 0.339 e. The molecule has 4 rings (SSSR count). The molecule has 33 heavy (non-hydrogen) atoms. The van der Waals surface area contributed by atoms with Crippen LogP contribution in [0.25, 0.3) is 0 Å². The first-order valence-corrected chi connectivity index (χ1v) is 11.1. The monoisotopic (exact) mass is 469 g/mol. The van der Waals surface area contributed by atoms with Gasteiger partial charge in [-0.25, -0.2) is 14.2 Å². The first-order valence-electron chi connectivity index (χ1n) is 10.7. The molecule has 1 saturated heterocycles. The van der Waals surface area contributed by atoms with Gasteiger partial charge in [0.05, 0.1) is 5.02 Å². The van der Waals surface area contributed by atoms with Gasteiger partial charge in [-0.05, 0) is 48.4 Å². The van der Waals surface area contributed by atoms with Crippen molar-refractivity contribution in [3.8, 4) is 5.75 Å². The average molecular weight is 470 g/mol. The summed E-state index contributed by atoms with van der Waals surface area (Å²) in [6.45, 7) is 2.47. The predicted octanol–water partition coefficient (Wildman–Crippen LogP) is 4.86. The van der Waals surface area contributed by atoms with Crippen LogP contribution < -0.4 is 9.64 Å². The normalized spacial score (nSPS) is 16.0. The topological polar surface area (TPSA) is 65.9 Å². The Balaban J connectivity index is 1.37. The quantitative estimate of drug-likeness (QED) is 0.508. The van der Waals surface area contributed by atoms with Crippen LogP contribution in [0.15, 0.2) is 60.8 Å². The number of carboxylic acid groups (broad SMARTS) is 1. The molecule has 2 aromatic carbocycles. The average Bonchev–Trinajstić information content (AvgIpc) is 3.27. The molecule has 172 valence electrons. The number of ether oxygens (including phenoxy) is 1. The molecule has 2 heterocycles. The van der Waals surface area contributed by atoms with Crippen molar-refractivity contribution in [2.75, 3.05) is 25.0 Å². The van der Waals surface area contributed by atoms with Crippen molar-refractivity contribution in [2.45, 2.75) is 25.6 Å². The zero-order valence-electron chi connectivity index (χ0n) is 18.2. The highest BCUT2D eigenvalue weighted by atomic mass is 35.5. The van der Waals surface area contributed by atoms with Crippen LogP contribution in [0.3, 0.4) is 0 Å². The number of pyridine rings is 1. The molecule has 0 amide bonds. The standard InChI is InChI=1S/C25H25ClFN3O3/c1-29(24-20(25(31)32)7-4-11-28-24)18-10-12-30(15-18)14-17-5-2-6-19(13-17)33-16-21-22(26)8-3-9-23(21)27/h2-9,11,13,18H,10,12,14-16H2,1H3,(H,31,32)/t18-/m0/s1. The van der Waals surface area contributed by atoms with E-state index in [2.05, 4.69) is 9.88 Å². The Hall–Kier alpha value is -3.16. The summed E-state index contributed by atoms with van der Waals surface area (Å²) in [5.74, 6) is -0.226. The number of halogens is 2. The van der Waals surface area contributed by atoms with Crippen LogP contribution in [0.2, 0.25) is 5.02 Å². The van der Waals surface area contributed by atoms with E-state index in [0.717, 1.165) is 31.6 Å². The minimum absolute atomic E-state index is 0.0571. The highest BCUT2D eigenvalue weighted by molar-refractivity contribution is 6.31. The van der Waals surface area contributed by atoms with Gasteiger partial charge in [-0.1, -0.05) is 29.8 Å². The van der Waals surface area contributed by atoms with Crippen molar-refractivity contribution in [3.63, 3.8) is 0 Å². The molecule has 0 bridgehead atoms. The number of carboxylic acids is 1. The number of hydrogen-bond acceptors (Lipinski definition) is 5. The van der Waals surface area contributed by atoms with Gasteiger partial charge in [-0.15, -0.1) is 0 Å². The summed E-state index contributed by atoms with van der Waals surface area (Å²) in [4.78, 5) is 20.1. The van der Waals surface area contributed by atoms with Crippen molar-refractivity contribution in [1.82, 2.24) is 9.88 Å². The van der Waals surface area contributed by atoms with Gasteiger partial charge >= 0.3 is 5.97 Å². The van der Waals surface area contributed by atoms with E-state index in [-0.39, 0.29) is 24.0 Å². The largest absolute Gasteiger partial charge is 0.489 e. The third kappa shape index (κ3) is 5.43. The van der Waals surface area contributed by atoms with E-state index >= 15 is 0 Å². The molecule has 1 N–H and O–H groups in total. The fraction of sp³-hybridized carbons (Fsp3) is 0.280. The molecule has 0 spiro atoms. The summed E-state index contributed by atoms with van der Waals surface area (Å²) < 4.78 is 19.8. The molecule has 0 radical (unpaired) electrons. The Morgan fingerprint density at radius 2 is 2.09 bits per heavy atom. The van der Waals surface area contributed by atoms with E-state index < -0.39 is 5.97 Å². The van der Waals surface area contributed by atoms with Crippen molar-refractivity contribution < 1.29 is 19.0 Å². The maximum atomic E-state index is 14.0. The molecule has 0 aliphatic carbocycles. The molecule has 8 heteroatoms. The molecule has 1 atom stereocenters. The smallest absolute Gasteiger partial charge is 0.339 e. The van der Waals surface area contributed by atoms with E-state index in [9.17, 15) is 14.3 Å². The van der Waals surface area contributed by atoms with Crippen molar-refractivity contribution in [3.05, 3.63) is 88.3 Å². The molecule has 3 aromatic rings. The van der Waals surface area contributed by atoms with Gasteiger partial charge in [-0.3, -0.25) is 4.90 Å². The third-order valence-electron chi connectivity index (χ3n) is 5.90. The van der Waals surface area contributed by atoms with Gasteiger partial charge in [0.25, 0.3) is 0 Å². The third-order valence-corrected chi connectivity index (χ3v) is 6.25. The van der Waals surface area contributed by atoms with Gasteiger partial charge in [0, 0.05) is 44.5 Å². The zero-order valence-corrected chi connectivity index (χ0v) is 19.0. The van der Waals surface area contributed by atoms with Gasteiger partial charge < -0.3 is 14.7 Å². The van der Waals surface area contributed by atoms with Gasteiger partial charge in [0.15, 0.2) is 0 Å². The lowest BCUT2D eigenvalue weighted by molar-refractivity contribution is 0.0697. The van der Waals surface area contributed by atoms with Gasteiger partial charge in [-0.2, -0.15) is 0 Å². The van der Waals surface area contributed by atoms with Gasteiger partial charge in [0.2, 0.25) is 0 Å². The second kappa shape index (κ2) is 10.2. The Labute approximate surface area is 197 Å². The number of aromatic nitrogens is 1. The highest BCUT2D eigenvalue weighted by Gasteiger charge is 2.28. The fourth-order valence-corrected chi connectivity index (χ4v) is 4.32. The van der Waals surface area contributed by atoms with E-state index in [1.54, 1.807) is 30.5 Å². The summed E-state index contributed by atoms with van der Waals surface area (Å²) in [5.41, 5.74) is 1.63. The Morgan fingerprint density at radius 3 is 2.88 bits per heavy atom. The van der Waals surface area contributed by atoms with Crippen LogP contribution in [-0.2, 0) is 13.2 Å². The number of hydrogen-bond donors (Lipinski definition) is 1. The number of rotatable bonds is 8. The SMILES string of the molecule is CN(c1ncccc1C(=O)O)[C@H]1CCN(Cc2cccc(OCc3c(F)cccc3Cl)c2)C1. The summed E-state index contributed by atoms with van der Waals surface area (Å²) >= 11 is 6.08. The number of anilines is 1. The molecule has 1 aromatic heterocycles. The molecular weight excluding hydrogens is 445 g/mol. The Bertz CT molecular complexity index is 1120. The van der Waals surface area contributed by atoms with Crippen molar-refractivity contribution >= 4 is 23.4 Å². The molecular formula is C25H25ClFN3O3. The molecule has 1 aliphatic heterocycles. The highest BCUT2D eigenvalue weighted by Crippen LogP contribution is 2.26. The summed E-state index contributed by atoms with van der Waals surface area (Å²) in [5, 5.41) is 9.80. The maximum absolute atomic E-state index is 14.0. The minimum atomic E-state index is -0.978. The minimum Gasteiger partial charge on any atom is -0.489 e. The zero-order chi connectivity index (χ0) is 23.4. The Kier molecular flexibility index (Phi) is 7.11. The number of likely N-dealkylation sites (N-methyl/N-ethyl adjacent to an activating group) is 1. The van der Waals surface area contributed by atoms with Crippen LogP contribution in [0, 0.1) is 5.82 Å². The van der Waals surface area contributed by atoms with E-state index in [4.69, 9.17) is 16.3 Å². The van der Waals surface area contributed by atoms with Crippen LogP contribution >= 0.6 is 11.6 Å². The summed E-state index contributed by atoms with van der Waals surface area (Å²) in [7, 11) is 1.89. The van der Waals surface area contributed by atoms with E-state index in [1.807, 2.05) is 36.2 Å². The van der Waals surface area contributed by atoms with Crippen molar-refractivity contribution in [2.24, 2.45) is 0 Å².